The Bertz CT molecular complexity index is 503. The van der Waals surface area contributed by atoms with E-state index in [1.54, 1.807) is 11.0 Å². The summed E-state index contributed by atoms with van der Waals surface area (Å²) >= 11 is 0. The lowest BCUT2D eigenvalue weighted by atomic mass is 10.1. The van der Waals surface area contributed by atoms with Crippen LogP contribution in [-0.4, -0.2) is 47.1 Å². The molecule has 0 atom stereocenters. The fourth-order valence-corrected chi connectivity index (χ4v) is 2.11. The van der Waals surface area contributed by atoms with Gasteiger partial charge in [0, 0.05) is 17.0 Å². The zero-order chi connectivity index (χ0) is 13.3. The summed E-state index contributed by atoms with van der Waals surface area (Å²) in [7, 11) is 0. The van der Waals surface area contributed by atoms with Crippen LogP contribution in [0.5, 0.6) is 0 Å². The summed E-state index contributed by atoms with van der Waals surface area (Å²) in [6, 6.07) is 1.78. The van der Waals surface area contributed by atoms with E-state index >= 15 is 0 Å². The Morgan fingerprint density at radius 2 is 1.89 bits per heavy atom. The Morgan fingerprint density at radius 3 is 2.39 bits per heavy atom. The molecule has 6 nitrogen and oxygen atoms in total. The minimum absolute atomic E-state index is 0.0806. The molecule has 0 spiro atoms. The first kappa shape index (κ1) is 12.5. The zero-order valence-electron chi connectivity index (χ0n) is 10.4. The van der Waals surface area contributed by atoms with Gasteiger partial charge in [-0.05, 0) is 19.9 Å². The number of nitrogens with zero attached hydrogens (tertiary/aromatic N) is 1. The Kier molecular flexibility index (Phi) is 3.29. The van der Waals surface area contributed by atoms with Gasteiger partial charge in [-0.2, -0.15) is 0 Å². The third-order valence-electron chi connectivity index (χ3n) is 2.83. The topological polar surface area (TPSA) is 82.3 Å². The highest BCUT2D eigenvalue weighted by Gasteiger charge is 2.25. The van der Waals surface area contributed by atoms with Crippen LogP contribution in [-0.2, 0) is 9.59 Å². The molecule has 1 aliphatic heterocycles. The molecule has 0 aromatic carbocycles. The number of carbonyl (C=O) groups is 3. The van der Waals surface area contributed by atoms with E-state index in [1.807, 2.05) is 13.8 Å². The van der Waals surface area contributed by atoms with Crippen molar-refractivity contribution in [2.24, 2.45) is 0 Å². The van der Waals surface area contributed by atoms with E-state index in [-0.39, 0.29) is 37.2 Å². The number of aromatic amines is 1. The summed E-state index contributed by atoms with van der Waals surface area (Å²) in [5, 5.41) is 2.20. The summed E-state index contributed by atoms with van der Waals surface area (Å²) in [5.41, 5.74) is 2.35. The quantitative estimate of drug-likeness (QED) is 0.573. The lowest BCUT2D eigenvalue weighted by Gasteiger charge is -2.24. The number of H-pyrrole nitrogens is 1. The van der Waals surface area contributed by atoms with Gasteiger partial charge in [-0.15, -0.1) is 0 Å². The maximum absolute atomic E-state index is 12.1. The molecule has 2 rings (SSSR count). The van der Waals surface area contributed by atoms with E-state index in [0.29, 0.717) is 5.56 Å². The van der Waals surface area contributed by atoms with E-state index in [0.717, 1.165) is 11.4 Å². The minimum atomic E-state index is -0.360. The van der Waals surface area contributed by atoms with Gasteiger partial charge < -0.3 is 4.98 Å². The summed E-state index contributed by atoms with van der Waals surface area (Å²) in [6.45, 7) is 3.95. The number of Topliss-reactive ketones (excluding diaryl/α,β-unsaturated/α-hetero) is 1. The Labute approximate surface area is 104 Å². The van der Waals surface area contributed by atoms with E-state index in [9.17, 15) is 14.4 Å². The van der Waals surface area contributed by atoms with Crippen LogP contribution in [0.25, 0.3) is 0 Å². The molecular weight excluding hydrogens is 234 g/mol. The third-order valence-corrected chi connectivity index (χ3v) is 2.83. The number of piperazine rings is 1. The predicted molar refractivity (Wildman–Crippen MR) is 64.2 cm³/mol. The van der Waals surface area contributed by atoms with Crippen LogP contribution in [0, 0.1) is 13.8 Å². The Hall–Kier alpha value is -1.95. The maximum atomic E-state index is 12.1. The van der Waals surface area contributed by atoms with Crippen LogP contribution in [0.2, 0.25) is 0 Å². The summed E-state index contributed by atoms with van der Waals surface area (Å²) in [5.74, 6) is -0.804. The second-order valence-electron chi connectivity index (χ2n) is 4.53. The largest absolute Gasteiger partial charge is 0.362 e. The molecule has 0 saturated carbocycles. The molecule has 1 aromatic heterocycles. The standard InChI is InChI=1S/C12H15N3O3/c1-7-3-9(8(2)13-7)10(16)4-15-5-11(17)14-12(18)6-15/h3,13H,4-6H2,1-2H3,(H,14,17,18). The normalized spacial score (nSPS) is 16.8. The number of ketones is 1. The molecule has 18 heavy (non-hydrogen) atoms. The average Bonchev–Trinajstić information content (AvgIpc) is 2.56. The number of imide groups is 1. The monoisotopic (exact) mass is 249 g/mol. The van der Waals surface area contributed by atoms with Crippen molar-refractivity contribution in [3.63, 3.8) is 0 Å². The fraction of sp³-hybridized carbons (Fsp3) is 0.417. The van der Waals surface area contributed by atoms with Crippen LogP contribution in [0.15, 0.2) is 6.07 Å². The first-order valence-electron chi connectivity index (χ1n) is 5.70. The van der Waals surface area contributed by atoms with E-state index in [4.69, 9.17) is 0 Å². The first-order valence-corrected chi connectivity index (χ1v) is 5.70. The van der Waals surface area contributed by atoms with Crippen molar-refractivity contribution in [1.82, 2.24) is 15.2 Å². The van der Waals surface area contributed by atoms with Gasteiger partial charge >= 0.3 is 0 Å². The molecule has 0 aliphatic carbocycles. The highest BCUT2D eigenvalue weighted by Crippen LogP contribution is 2.11. The van der Waals surface area contributed by atoms with E-state index in [1.165, 1.54) is 0 Å². The molecule has 96 valence electrons. The molecule has 0 bridgehead atoms. The van der Waals surface area contributed by atoms with Gasteiger partial charge in [0.15, 0.2) is 5.78 Å². The Morgan fingerprint density at radius 1 is 1.28 bits per heavy atom. The molecule has 1 aromatic rings. The van der Waals surface area contributed by atoms with Crippen LogP contribution < -0.4 is 5.32 Å². The third kappa shape index (κ3) is 2.65. The van der Waals surface area contributed by atoms with Crippen molar-refractivity contribution in [1.29, 1.82) is 0 Å². The average molecular weight is 249 g/mol. The maximum Gasteiger partial charge on any atom is 0.240 e. The van der Waals surface area contributed by atoms with Gasteiger partial charge in [0.05, 0.1) is 19.6 Å². The van der Waals surface area contributed by atoms with E-state index < -0.39 is 0 Å². The molecule has 1 saturated heterocycles. The number of carbonyl (C=O) groups excluding carboxylic acids is 3. The number of nitrogens with one attached hydrogen (secondary N) is 2. The molecule has 0 unspecified atom stereocenters. The SMILES string of the molecule is Cc1cc(C(=O)CN2CC(=O)NC(=O)C2)c(C)[nH]1. The lowest BCUT2D eigenvalue weighted by Crippen LogP contribution is -2.52. The second-order valence-corrected chi connectivity index (χ2v) is 4.53. The molecular formula is C12H15N3O3. The number of rotatable bonds is 3. The smallest absolute Gasteiger partial charge is 0.240 e. The lowest BCUT2D eigenvalue weighted by molar-refractivity contribution is -0.135. The van der Waals surface area contributed by atoms with Crippen LogP contribution in [0.1, 0.15) is 21.7 Å². The second kappa shape index (κ2) is 4.73. The molecule has 2 heterocycles. The number of aromatic nitrogens is 1. The molecule has 0 radical (unpaired) electrons. The number of hydrogen-bond donors (Lipinski definition) is 2. The highest BCUT2D eigenvalue weighted by atomic mass is 16.2. The molecule has 6 heteroatoms. The van der Waals surface area contributed by atoms with Gasteiger partial charge in [-0.25, -0.2) is 0 Å². The molecule has 1 fully saturated rings. The van der Waals surface area contributed by atoms with Crippen LogP contribution in [0.3, 0.4) is 0 Å². The molecule has 2 N–H and O–H groups in total. The molecule has 1 aliphatic rings. The van der Waals surface area contributed by atoms with Crippen LogP contribution in [0.4, 0.5) is 0 Å². The highest BCUT2D eigenvalue weighted by molar-refractivity contribution is 6.02. The number of aryl methyl sites for hydroxylation is 2. The van der Waals surface area contributed by atoms with Gasteiger partial charge in [0.2, 0.25) is 11.8 Å². The van der Waals surface area contributed by atoms with Crippen molar-refractivity contribution >= 4 is 17.6 Å². The van der Waals surface area contributed by atoms with Gasteiger partial charge in [-0.3, -0.25) is 24.6 Å². The van der Waals surface area contributed by atoms with Crippen molar-refractivity contribution in [3.05, 3.63) is 23.0 Å². The Balaban J connectivity index is 2.05. The first-order chi connectivity index (χ1) is 8.45. The van der Waals surface area contributed by atoms with Crippen molar-refractivity contribution in [2.75, 3.05) is 19.6 Å². The van der Waals surface area contributed by atoms with Gasteiger partial charge in [0.25, 0.3) is 0 Å². The predicted octanol–water partition coefficient (Wildman–Crippen LogP) is -0.227. The van der Waals surface area contributed by atoms with Gasteiger partial charge in [0.1, 0.15) is 0 Å². The summed E-state index contributed by atoms with van der Waals surface area (Å²) < 4.78 is 0. The zero-order valence-corrected chi connectivity index (χ0v) is 10.4. The summed E-state index contributed by atoms with van der Waals surface area (Å²) in [4.78, 5) is 39.0. The van der Waals surface area contributed by atoms with Crippen molar-refractivity contribution in [2.45, 2.75) is 13.8 Å². The minimum Gasteiger partial charge on any atom is -0.362 e. The fourth-order valence-electron chi connectivity index (χ4n) is 2.11. The van der Waals surface area contributed by atoms with E-state index in [2.05, 4.69) is 10.3 Å². The number of amides is 2. The van der Waals surface area contributed by atoms with Crippen LogP contribution >= 0.6 is 0 Å². The van der Waals surface area contributed by atoms with Gasteiger partial charge in [-0.1, -0.05) is 0 Å². The van der Waals surface area contributed by atoms with Crippen molar-refractivity contribution in [3.8, 4) is 0 Å². The number of hydrogen-bond acceptors (Lipinski definition) is 4. The molecule has 2 amide bonds. The summed E-state index contributed by atoms with van der Waals surface area (Å²) in [6.07, 6.45) is 0. The van der Waals surface area contributed by atoms with Crippen molar-refractivity contribution < 1.29 is 14.4 Å².